The van der Waals surface area contributed by atoms with Gasteiger partial charge in [-0.2, -0.15) is 0 Å². The summed E-state index contributed by atoms with van der Waals surface area (Å²) in [5.41, 5.74) is 9.76. The van der Waals surface area contributed by atoms with Crippen molar-refractivity contribution in [1.82, 2.24) is 0 Å². The molecular weight excluding hydrogens is 328 g/mol. The van der Waals surface area contributed by atoms with Crippen LogP contribution in [0.4, 0.5) is 5.69 Å². The lowest BCUT2D eigenvalue weighted by atomic mass is 9.93. The molecule has 5 rings (SSSR count). The third kappa shape index (κ3) is 3.06. The maximum absolute atomic E-state index is 2.58. The minimum Gasteiger partial charge on any atom is -0.371 e. The third-order valence-corrected chi connectivity index (χ3v) is 5.89. The van der Waals surface area contributed by atoms with Crippen LogP contribution in [-0.4, -0.2) is 13.1 Å². The van der Waals surface area contributed by atoms with Crippen molar-refractivity contribution in [2.24, 2.45) is 7.05 Å². The van der Waals surface area contributed by atoms with Gasteiger partial charge in [-0.15, -0.1) is 0 Å². The summed E-state index contributed by atoms with van der Waals surface area (Å²) in [5.74, 6) is 0. The van der Waals surface area contributed by atoms with Gasteiger partial charge < -0.3 is 4.90 Å². The molecule has 0 spiro atoms. The van der Waals surface area contributed by atoms with Crippen molar-refractivity contribution in [2.75, 3.05) is 18.0 Å². The fraction of sp³-hybridized carbons (Fsp3) is 0.240. The van der Waals surface area contributed by atoms with Gasteiger partial charge in [0.25, 0.3) is 0 Å². The van der Waals surface area contributed by atoms with Crippen LogP contribution in [0.5, 0.6) is 0 Å². The van der Waals surface area contributed by atoms with E-state index in [2.05, 4.69) is 89.5 Å². The van der Waals surface area contributed by atoms with Crippen LogP contribution in [0, 0.1) is 0 Å². The number of pyridine rings is 1. The summed E-state index contributed by atoms with van der Waals surface area (Å²) < 4.78 is 2.13. The maximum atomic E-state index is 2.58. The van der Waals surface area contributed by atoms with Crippen LogP contribution in [0.15, 0.2) is 60.8 Å². The zero-order valence-corrected chi connectivity index (χ0v) is 15.9. The molecule has 0 bridgehead atoms. The van der Waals surface area contributed by atoms with Crippen molar-refractivity contribution >= 4 is 17.8 Å². The Morgan fingerprint density at radius 3 is 2.48 bits per heavy atom. The fourth-order valence-corrected chi connectivity index (χ4v) is 4.44. The van der Waals surface area contributed by atoms with Gasteiger partial charge in [0.15, 0.2) is 6.20 Å². The lowest BCUT2D eigenvalue weighted by molar-refractivity contribution is -0.673. The average Bonchev–Trinajstić information content (AvgIpc) is 3.12. The predicted molar refractivity (Wildman–Crippen MR) is 113 cm³/mol. The molecule has 2 nitrogen and oxygen atoms in total. The monoisotopic (exact) mass is 353 g/mol. The first-order valence-electron chi connectivity index (χ1n) is 9.92. The second kappa shape index (κ2) is 6.70. The highest BCUT2D eigenvalue weighted by molar-refractivity contribution is 5.76. The predicted octanol–water partition coefficient (Wildman–Crippen LogP) is 4.66. The van der Waals surface area contributed by atoms with Crippen LogP contribution < -0.4 is 9.47 Å². The molecule has 0 aliphatic carbocycles. The molecule has 0 unspecified atom stereocenters. The first kappa shape index (κ1) is 16.3. The molecule has 1 aromatic heterocycles. The van der Waals surface area contributed by atoms with Crippen LogP contribution >= 0.6 is 0 Å². The number of aryl methyl sites for hydroxylation is 2. The highest BCUT2D eigenvalue weighted by Crippen LogP contribution is 2.39. The molecular formula is C25H25N2+. The minimum atomic E-state index is 1.20. The summed E-state index contributed by atoms with van der Waals surface area (Å²) in [6.07, 6.45) is 10.1. The second-order valence-corrected chi connectivity index (χ2v) is 7.68. The molecule has 3 aromatic rings. The van der Waals surface area contributed by atoms with Crippen molar-refractivity contribution in [2.45, 2.75) is 19.3 Å². The molecule has 134 valence electrons. The zero-order chi connectivity index (χ0) is 18.2. The topological polar surface area (TPSA) is 7.12 Å². The van der Waals surface area contributed by atoms with Crippen LogP contribution in [-0.2, 0) is 19.9 Å². The van der Waals surface area contributed by atoms with Gasteiger partial charge >= 0.3 is 0 Å². The van der Waals surface area contributed by atoms with Gasteiger partial charge in [0, 0.05) is 37.0 Å². The third-order valence-electron chi connectivity index (χ3n) is 5.89. The molecule has 0 saturated carbocycles. The van der Waals surface area contributed by atoms with Crippen molar-refractivity contribution in [3.8, 4) is 11.1 Å². The standard InChI is InChI=1S/C25H25N2/c1-26-14-3-2-6-24(26)12-9-19-7-10-20(11-8-19)23-17-21-5-4-15-27-16-13-22(18-23)25(21)27/h2-3,6-12,14,17-18H,4-5,13,15-16H2,1H3/q+1. The summed E-state index contributed by atoms with van der Waals surface area (Å²) in [6.45, 7) is 2.44. The van der Waals surface area contributed by atoms with Crippen LogP contribution in [0.1, 0.15) is 28.8 Å². The molecule has 0 saturated heterocycles. The number of aromatic nitrogens is 1. The van der Waals surface area contributed by atoms with Crippen molar-refractivity contribution in [3.05, 3.63) is 83.2 Å². The number of anilines is 1. The van der Waals surface area contributed by atoms with Crippen LogP contribution in [0.25, 0.3) is 23.3 Å². The van der Waals surface area contributed by atoms with E-state index in [1.165, 1.54) is 54.7 Å². The number of rotatable bonds is 3. The zero-order valence-electron chi connectivity index (χ0n) is 15.9. The second-order valence-electron chi connectivity index (χ2n) is 7.68. The Balaban J connectivity index is 1.42. The first-order chi connectivity index (χ1) is 13.3. The van der Waals surface area contributed by atoms with Crippen LogP contribution in [0.3, 0.4) is 0 Å². The Morgan fingerprint density at radius 2 is 1.67 bits per heavy atom. The quantitative estimate of drug-likeness (QED) is 0.621. The maximum Gasteiger partial charge on any atom is 0.204 e. The highest BCUT2D eigenvalue weighted by atomic mass is 15.2. The molecule has 0 N–H and O–H groups in total. The SMILES string of the molecule is C[n+]1ccccc1/C=C/c1ccc(-c2cc3c4c(c2)CCN4CCC3)cc1. The Morgan fingerprint density at radius 1 is 0.852 bits per heavy atom. The molecule has 27 heavy (non-hydrogen) atoms. The Hall–Kier alpha value is -2.87. The molecule has 0 atom stereocenters. The first-order valence-corrected chi connectivity index (χ1v) is 9.92. The summed E-state index contributed by atoms with van der Waals surface area (Å²) in [6, 6.07) is 20.1. The van der Waals surface area contributed by atoms with Gasteiger partial charge in [-0.25, -0.2) is 4.57 Å². The summed E-state index contributed by atoms with van der Waals surface area (Å²) in [5, 5.41) is 0. The lowest BCUT2D eigenvalue weighted by Gasteiger charge is -2.27. The minimum absolute atomic E-state index is 1.20. The summed E-state index contributed by atoms with van der Waals surface area (Å²) >= 11 is 0. The van der Waals surface area contributed by atoms with E-state index in [4.69, 9.17) is 0 Å². The molecule has 0 radical (unpaired) electrons. The van der Waals surface area contributed by atoms with Crippen molar-refractivity contribution < 1.29 is 4.57 Å². The van der Waals surface area contributed by atoms with Gasteiger partial charge in [0.2, 0.25) is 5.69 Å². The van der Waals surface area contributed by atoms with E-state index < -0.39 is 0 Å². The van der Waals surface area contributed by atoms with E-state index >= 15 is 0 Å². The van der Waals surface area contributed by atoms with E-state index in [-0.39, 0.29) is 0 Å². The summed E-state index contributed by atoms with van der Waals surface area (Å²) in [4.78, 5) is 2.58. The molecule has 3 heterocycles. The van der Waals surface area contributed by atoms with E-state index in [1.54, 1.807) is 16.8 Å². The van der Waals surface area contributed by atoms with Crippen molar-refractivity contribution in [3.63, 3.8) is 0 Å². The molecule has 0 amide bonds. The highest BCUT2D eigenvalue weighted by Gasteiger charge is 2.26. The number of hydrogen-bond acceptors (Lipinski definition) is 1. The normalized spacial score (nSPS) is 15.4. The van der Waals surface area contributed by atoms with Crippen LogP contribution in [0.2, 0.25) is 0 Å². The number of benzene rings is 2. The number of hydrogen-bond donors (Lipinski definition) is 0. The smallest absolute Gasteiger partial charge is 0.204 e. The molecule has 2 aromatic carbocycles. The summed E-state index contributed by atoms with van der Waals surface area (Å²) in [7, 11) is 2.07. The van der Waals surface area contributed by atoms with Gasteiger partial charge in [0.1, 0.15) is 7.05 Å². The Kier molecular flexibility index (Phi) is 4.05. The van der Waals surface area contributed by atoms with Gasteiger partial charge in [-0.05, 0) is 71.4 Å². The molecule has 2 heteroatoms. The molecule has 2 aliphatic heterocycles. The van der Waals surface area contributed by atoms with E-state index in [9.17, 15) is 0 Å². The van der Waals surface area contributed by atoms with Gasteiger partial charge in [-0.1, -0.05) is 24.3 Å². The van der Waals surface area contributed by atoms with E-state index in [0.717, 1.165) is 0 Å². The largest absolute Gasteiger partial charge is 0.371 e. The fourth-order valence-electron chi connectivity index (χ4n) is 4.44. The average molecular weight is 353 g/mol. The van der Waals surface area contributed by atoms with Gasteiger partial charge in [-0.3, -0.25) is 0 Å². The molecule has 0 fully saturated rings. The number of nitrogens with zero attached hydrogens (tertiary/aromatic N) is 2. The molecule has 2 aliphatic rings. The van der Waals surface area contributed by atoms with E-state index in [0.29, 0.717) is 0 Å². The van der Waals surface area contributed by atoms with Gasteiger partial charge in [0.05, 0.1) is 0 Å². The Labute approximate surface area is 161 Å². The van der Waals surface area contributed by atoms with Crippen molar-refractivity contribution in [1.29, 1.82) is 0 Å². The Bertz CT molecular complexity index is 1010. The lowest BCUT2D eigenvalue weighted by Crippen LogP contribution is -2.30. The van der Waals surface area contributed by atoms with E-state index in [1.807, 2.05) is 0 Å².